The number of amides is 1. The fourth-order valence-electron chi connectivity index (χ4n) is 1.75. The van der Waals surface area contributed by atoms with E-state index < -0.39 is 0 Å². The van der Waals surface area contributed by atoms with Crippen LogP contribution in [0.1, 0.15) is 10.4 Å². The fraction of sp³-hybridized carbons (Fsp3) is 0.125. The molecule has 0 aliphatic heterocycles. The lowest BCUT2D eigenvalue weighted by Crippen LogP contribution is -2.20. The number of hydrogen-bond acceptors (Lipinski definition) is 4. The van der Waals surface area contributed by atoms with E-state index in [0.717, 1.165) is 4.47 Å². The molecule has 0 atom stereocenters. The Labute approximate surface area is 136 Å². The lowest BCUT2D eigenvalue weighted by atomic mass is 10.2. The van der Waals surface area contributed by atoms with Crippen LogP contribution in [-0.2, 0) is 4.79 Å². The Morgan fingerprint density at radius 1 is 1.23 bits per heavy atom. The zero-order chi connectivity index (χ0) is 15.9. The summed E-state index contributed by atoms with van der Waals surface area (Å²) in [6.07, 6.45) is 0.657. The summed E-state index contributed by atoms with van der Waals surface area (Å²) in [5.41, 5.74) is 0.998. The third kappa shape index (κ3) is 4.33. The molecule has 0 saturated carbocycles. The number of rotatable bonds is 6. The Kier molecular flexibility index (Phi) is 5.55. The van der Waals surface area contributed by atoms with E-state index in [2.05, 4.69) is 21.2 Å². The van der Waals surface area contributed by atoms with Crippen LogP contribution in [0.5, 0.6) is 11.5 Å². The third-order valence-electron chi connectivity index (χ3n) is 2.83. The Balaban J connectivity index is 1.96. The van der Waals surface area contributed by atoms with Crippen LogP contribution in [0.15, 0.2) is 46.9 Å². The highest BCUT2D eigenvalue weighted by atomic mass is 79.9. The van der Waals surface area contributed by atoms with Crippen LogP contribution in [0, 0.1) is 0 Å². The zero-order valence-electron chi connectivity index (χ0n) is 11.8. The molecular weight excluding hydrogens is 350 g/mol. The fourth-order valence-corrected chi connectivity index (χ4v) is 2.01. The second-order valence-electron chi connectivity index (χ2n) is 4.37. The molecular formula is C16H14BrNO4. The Bertz CT molecular complexity index is 670. The van der Waals surface area contributed by atoms with Gasteiger partial charge in [0, 0.05) is 10.2 Å². The molecule has 2 rings (SSSR count). The minimum absolute atomic E-state index is 0.191. The van der Waals surface area contributed by atoms with Gasteiger partial charge >= 0.3 is 0 Å². The number of ether oxygens (including phenoxy) is 2. The first-order valence-electron chi connectivity index (χ1n) is 6.44. The van der Waals surface area contributed by atoms with Crippen molar-refractivity contribution in [3.63, 3.8) is 0 Å². The van der Waals surface area contributed by atoms with Crippen LogP contribution < -0.4 is 14.8 Å². The quantitative estimate of drug-likeness (QED) is 0.799. The normalized spacial score (nSPS) is 9.91. The molecule has 0 heterocycles. The Morgan fingerprint density at radius 3 is 2.59 bits per heavy atom. The smallest absolute Gasteiger partial charge is 0.262 e. The SMILES string of the molecule is COc1ccc(OCC(=O)Nc2ccc(Br)cc2)c(C=O)c1. The minimum Gasteiger partial charge on any atom is -0.497 e. The average molecular weight is 364 g/mol. The standard InChI is InChI=1S/C16H14BrNO4/c1-21-14-6-7-15(11(8-14)9-19)22-10-16(20)18-13-4-2-12(17)3-5-13/h2-9H,10H2,1H3,(H,18,20). The molecule has 0 bridgehead atoms. The van der Waals surface area contributed by atoms with E-state index in [1.165, 1.54) is 7.11 Å². The summed E-state index contributed by atoms with van der Waals surface area (Å²) in [5.74, 6) is 0.575. The van der Waals surface area contributed by atoms with E-state index in [1.54, 1.807) is 30.3 Å². The number of methoxy groups -OCH3 is 1. The summed E-state index contributed by atoms with van der Waals surface area (Å²) in [5, 5.41) is 2.70. The number of anilines is 1. The molecule has 2 aromatic carbocycles. The second-order valence-corrected chi connectivity index (χ2v) is 5.28. The van der Waals surface area contributed by atoms with Crippen molar-refractivity contribution < 1.29 is 19.1 Å². The molecule has 22 heavy (non-hydrogen) atoms. The van der Waals surface area contributed by atoms with Gasteiger partial charge in [-0.05, 0) is 42.5 Å². The lowest BCUT2D eigenvalue weighted by Gasteiger charge is -2.10. The summed E-state index contributed by atoms with van der Waals surface area (Å²) in [4.78, 5) is 22.9. The van der Waals surface area contributed by atoms with Gasteiger partial charge in [-0.1, -0.05) is 15.9 Å². The predicted octanol–water partition coefficient (Wildman–Crippen LogP) is 3.29. The van der Waals surface area contributed by atoms with Crippen molar-refractivity contribution in [3.05, 3.63) is 52.5 Å². The van der Waals surface area contributed by atoms with Crippen LogP contribution in [0.2, 0.25) is 0 Å². The molecule has 0 aliphatic rings. The van der Waals surface area contributed by atoms with Crippen LogP contribution in [0.3, 0.4) is 0 Å². The van der Waals surface area contributed by atoms with Gasteiger partial charge in [0.15, 0.2) is 12.9 Å². The van der Waals surface area contributed by atoms with Crippen LogP contribution >= 0.6 is 15.9 Å². The van der Waals surface area contributed by atoms with Crippen molar-refractivity contribution in [2.24, 2.45) is 0 Å². The maximum atomic E-state index is 11.8. The van der Waals surface area contributed by atoms with Crippen molar-refractivity contribution in [1.82, 2.24) is 0 Å². The van der Waals surface area contributed by atoms with Gasteiger partial charge in [0.1, 0.15) is 11.5 Å². The van der Waals surface area contributed by atoms with Gasteiger partial charge in [0.05, 0.1) is 12.7 Å². The minimum atomic E-state index is -0.310. The molecule has 0 radical (unpaired) electrons. The topological polar surface area (TPSA) is 64.6 Å². The van der Waals surface area contributed by atoms with Crippen molar-refractivity contribution in [1.29, 1.82) is 0 Å². The Hall–Kier alpha value is -2.34. The summed E-state index contributed by atoms with van der Waals surface area (Å²) >= 11 is 3.32. The molecule has 5 nitrogen and oxygen atoms in total. The summed E-state index contributed by atoms with van der Waals surface area (Å²) in [7, 11) is 1.51. The number of aldehydes is 1. The number of carbonyl (C=O) groups excluding carboxylic acids is 2. The monoisotopic (exact) mass is 363 g/mol. The molecule has 0 aliphatic carbocycles. The molecule has 6 heteroatoms. The molecule has 0 spiro atoms. The molecule has 1 amide bonds. The third-order valence-corrected chi connectivity index (χ3v) is 3.36. The van der Waals surface area contributed by atoms with Crippen molar-refractivity contribution in [3.8, 4) is 11.5 Å². The number of nitrogens with one attached hydrogen (secondary N) is 1. The highest BCUT2D eigenvalue weighted by Crippen LogP contribution is 2.22. The van der Waals surface area contributed by atoms with E-state index in [4.69, 9.17) is 9.47 Å². The van der Waals surface area contributed by atoms with Crippen molar-refractivity contribution in [2.75, 3.05) is 19.0 Å². The number of benzene rings is 2. The molecule has 2 aromatic rings. The van der Waals surface area contributed by atoms with Crippen LogP contribution in [0.4, 0.5) is 5.69 Å². The Morgan fingerprint density at radius 2 is 1.95 bits per heavy atom. The van der Waals surface area contributed by atoms with E-state index in [1.807, 2.05) is 12.1 Å². The largest absolute Gasteiger partial charge is 0.497 e. The molecule has 0 unspecified atom stereocenters. The van der Waals surface area contributed by atoms with E-state index in [-0.39, 0.29) is 12.5 Å². The van der Waals surface area contributed by atoms with Crippen LogP contribution in [0.25, 0.3) is 0 Å². The predicted molar refractivity (Wildman–Crippen MR) is 86.6 cm³/mol. The lowest BCUT2D eigenvalue weighted by molar-refractivity contribution is -0.118. The van der Waals surface area contributed by atoms with Crippen LogP contribution in [-0.4, -0.2) is 25.9 Å². The molecule has 114 valence electrons. The summed E-state index contributed by atoms with van der Waals surface area (Å²) in [6, 6.07) is 12.0. The maximum absolute atomic E-state index is 11.8. The van der Waals surface area contributed by atoms with Crippen molar-refractivity contribution in [2.45, 2.75) is 0 Å². The second kappa shape index (κ2) is 7.61. The van der Waals surface area contributed by atoms with Gasteiger partial charge in [0.2, 0.25) is 0 Å². The van der Waals surface area contributed by atoms with Gasteiger partial charge < -0.3 is 14.8 Å². The molecule has 0 saturated heterocycles. The number of carbonyl (C=O) groups is 2. The highest BCUT2D eigenvalue weighted by Gasteiger charge is 2.08. The first kappa shape index (κ1) is 16.0. The van der Waals surface area contributed by atoms with Gasteiger partial charge in [-0.15, -0.1) is 0 Å². The maximum Gasteiger partial charge on any atom is 0.262 e. The molecule has 0 fully saturated rings. The van der Waals surface area contributed by atoms with E-state index >= 15 is 0 Å². The first-order chi connectivity index (χ1) is 10.6. The van der Waals surface area contributed by atoms with E-state index in [9.17, 15) is 9.59 Å². The summed E-state index contributed by atoms with van der Waals surface area (Å²) < 4.78 is 11.3. The van der Waals surface area contributed by atoms with Gasteiger partial charge in [0.25, 0.3) is 5.91 Å². The van der Waals surface area contributed by atoms with Gasteiger partial charge in [-0.25, -0.2) is 0 Å². The van der Waals surface area contributed by atoms with Crippen molar-refractivity contribution >= 4 is 33.8 Å². The molecule has 0 aromatic heterocycles. The summed E-state index contributed by atoms with van der Waals surface area (Å²) in [6.45, 7) is -0.191. The number of halogens is 1. The molecule has 1 N–H and O–H groups in total. The van der Waals surface area contributed by atoms with Gasteiger partial charge in [-0.3, -0.25) is 9.59 Å². The van der Waals surface area contributed by atoms with Gasteiger partial charge in [-0.2, -0.15) is 0 Å². The average Bonchev–Trinajstić information content (AvgIpc) is 2.55. The zero-order valence-corrected chi connectivity index (χ0v) is 13.4. The first-order valence-corrected chi connectivity index (χ1v) is 7.23. The highest BCUT2D eigenvalue weighted by molar-refractivity contribution is 9.10. The number of hydrogen-bond donors (Lipinski definition) is 1. The van der Waals surface area contributed by atoms with E-state index in [0.29, 0.717) is 29.0 Å².